The topological polar surface area (TPSA) is 108 Å². The summed E-state index contributed by atoms with van der Waals surface area (Å²) in [6.45, 7) is 3.76. The van der Waals surface area contributed by atoms with E-state index in [9.17, 15) is 14.4 Å². The molecule has 146 valence electrons. The summed E-state index contributed by atoms with van der Waals surface area (Å²) in [5, 5.41) is 17.1. The second-order valence-corrected chi connectivity index (χ2v) is 8.78. The lowest BCUT2D eigenvalue weighted by Gasteiger charge is -2.18. The Balaban J connectivity index is 0.000000596. The number of aliphatic hydroxyl groups is 1. The molecule has 0 aliphatic carbocycles. The van der Waals surface area contributed by atoms with Gasteiger partial charge >= 0.3 is 7.60 Å². The van der Waals surface area contributed by atoms with Gasteiger partial charge in [0, 0.05) is 29.3 Å². The van der Waals surface area contributed by atoms with Crippen LogP contribution in [0.4, 0.5) is 0 Å². The second-order valence-electron chi connectivity index (χ2n) is 6.11. The predicted molar refractivity (Wildman–Crippen MR) is 107 cm³/mol. The van der Waals surface area contributed by atoms with Crippen LogP contribution in [-0.4, -0.2) is 30.8 Å². The first kappa shape index (κ1) is 21.5. The van der Waals surface area contributed by atoms with Crippen molar-refractivity contribution >= 4 is 18.9 Å². The van der Waals surface area contributed by atoms with Gasteiger partial charge in [0.05, 0.1) is 11.9 Å². The maximum absolute atomic E-state index is 11.7. The monoisotopic (exact) mass is 409 g/mol. The van der Waals surface area contributed by atoms with Crippen molar-refractivity contribution in [3.8, 4) is 5.69 Å². The molecule has 2 aromatic heterocycles. The Kier molecular flexibility index (Phi) is 7.91. The summed E-state index contributed by atoms with van der Waals surface area (Å²) < 4.78 is 13.4. The normalized spacial score (nSPS) is 12.5. The highest BCUT2D eigenvalue weighted by atomic mass is 32.1. The average Bonchev–Trinajstić information content (AvgIpc) is 3.26. The molecule has 0 amide bonds. The number of aromatic nitrogens is 2. The van der Waals surface area contributed by atoms with Gasteiger partial charge in [-0.3, -0.25) is 9.88 Å². The molecule has 2 heterocycles. The summed E-state index contributed by atoms with van der Waals surface area (Å²) in [4.78, 5) is 19.7. The van der Waals surface area contributed by atoms with E-state index >= 15 is 0 Å². The van der Waals surface area contributed by atoms with Gasteiger partial charge in [-0.05, 0) is 37.4 Å². The number of thiophene rings is 1. The van der Waals surface area contributed by atoms with E-state index in [1.165, 1.54) is 11.3 Å². The Morgan fingerprint density at radius 3 is 2.41 bits per heavy atom. The zero-order chi connectivity index (χ0) is 19.9. The zero-order valence-electron chi connectivity index (χ0n) is 15.1. The first-order valence-corrected chi connectivity index (χ1v) is 10.9. The van der Waals surface area contributed by atoms with E-state index in [0.29, 0.717) is 11.4 Å². The third-order valence-electron chi connectivity index (χ3n) is 3.31. The van der Waals surface area contributed by atoms with Crippen LogP contribution in [-0.2, 0) is 11.1 Å². The summed E-state index contributed by atoms with van der Waals surface area (Å²) >= 11 is 1.32. The molecule has 1 atom stereocenters. The Labute approximate surface area is 162 Å². The average molecular weight is 409 g/mol. The molecule has 0 aliphatic rings. The summed E-state index contributed by atoms with van der Waals surface area (Å²) in [5.74, 6) is -0.998. The molecule has 3 aromatic rings. The van der Waals surface area contributed by atoms with Crippen LogP contribution in [0.1, 0.15) is 30.1 Å². The third-order valence-corrected chi connectivity index (χ3v) is 5.55. The lowest BCUT2D eigenvalue weighted by Crippen LogP contribution is -2.20. The molecule has 0 saturated heterocycles. The molecule has 0 fully saturated rings. The molecule has 3 rings (SSSR count). The van der Waals surface area contributed by atoms with Gasteiger partial charge in [0.2, 0.25) is 0 Å². The minimum absolute atomic E-state index is 0.167. The largest absolute Gasteiger partial charge is 0.394 e. The van der Waals surface area contributed by atoms with E-state index in [1.54, 1.807) is 42.2 Å². The summed E-state index contributed by atoms with van der Waals surface area (Å²) in [7, 11) is -4.28. The summed E-state index contributed by atoms with van der Waals surface area (Å²) in [5.41, 5.74) is 1.78. The Bertz CT molecular complexity index is 844. The van der Waals surface area contributed by atoms with E-state index in [4.69, 9.17) is 5.11 Å². The molecule has 27 heavy (non-hydrogen) atoms. The van der Waals surface area contributed by atoms with Crippen LogP contribution in [0.5, 0.6) is 0 Å². The van der Waals surface area contributed by atoms with Gasteiger partial charge in [-0.15, -0.1) is 11.3 Å². The van der Waals surface area contributed by atoms with Crippen LogP contribution in [0.3, 0.4) is 0 Å². The van der Waals surface area contributed by atoms with Crippen LogP contribution in [0.2, 0.25) is 0 Å². The Hall–Kier alpha value is -1.80. The van der Waals surface area contributed by atoms with Crippen molar-refractivity contribution in [2.75, 3.05) is 0 Å². The summed E-state index contributed by atoms with van der Waals surface area (Å²) in [6, 6.07) is 13.2. The number of rotatable bonds is 6. The van der Waals surface area contributed by atoms with Crippen LogP contribution in [0, 0.1) is 0 Å². The molecule has 0 bridgehead atoms. The fourth-order valence-electron chi connectivity index (χ4n) is 2.22. The molecular weight excluding hydrogens is 385 g/mol. The summed E-state index contributed by atoms with van der Waals surface area (Å²) in [6.07, 6.45) is 3.36. The fourth-order valence-corrected chi connectivity index (χ4v) is 4.24. The quantitative estimate of drug-likeness (QED) is 0.466. The van der Waals surface area contributed by atoms with E-state index in [0.717, 1.165) is 11.3 Å². The van der Waals surface area contributed by atoms with Crippen molar-refractivity contribution in [2.24, 2.45) is 0 Å². The van der Waals surface area contributed by atoms with Crippen molar-refractivity contribution in [3.63, 3.8) is 0 Å². The number of aliphatic hydroxyl groups excluding tert-OH is 1. The van der Waals surface area contributed by atoms with Crippen molar-refractivity contribution in [1.82, 2.24) is 15.1 Å². The Morgan fingerprint density at radius 1 is 1.19 bits per heavy atom. The van der Waals surface area contributed by atoms with Crippen molar-refractivity contribution in [1.29, 1.82) is 0 Å². The van der Waals surface area contributed by atoms with Crippen LogP contribution >= 0.6 is 18.9 Å². The minimum Gasteiger partial charge on any atom is -0.394 e. The fraction of sp³-hybridized carbons (Fsp3) is 0.278. The standard InChI is InChI=1S/C15H16N3O3PS.C3H8O/c19-22(20,21)15(14-7-4-8-23-14)16-9-12-10-17-18(11-12)13-5-2-1-3-6-13;1-3(2)4/h1-8,10-11,15-16H,9H2,(H2,19,20,21);3-4H,1-2H3. The molecule has 0 aliphatic heterocycles. The van der Waals surface area contributed by atoms with Crippen molar-refractivity contribution in [2.45, 2.75) is 32.3 Å². The molecule has 0 spiro atoms. The predicted octanol–water partition coefficient (Wildman–Crippen LogP) is 3.29. The molecule has 1 aromatic carbocycles. The first-order valence-electron chi connectivity index (χ1n) is 8.36. The van der Waals surface area contributed by atoms with Crippen LogP contribution in [0.25, 0.3) is 5.69 Å². The van der Waals surface area contributed by atoms with E-state index in [2.05, 4.69) is 10.4 Å². The van der Waals surface area contributed by atoms with Gasteiger partial charge in [-0.1, -0.05) is 24.3 Å². The highest BCUT2D eigenvalue weighted by molar-refractivity contribution is 7.52. The smallest absolute Gasteiger partial charge is 0.347 e. The van der Waals surface area contributed by atoms with E-state index < -0.39 is 13.4 Å². The number of hydrogen-bond acceptors (Lipinski definition) is 5. The van der Waals surface area contributed by atoms with Gasteiger partial charge in [0.15, 0.2) is 0 Å². The van der Waals surface area contributed by atoms with Gasteiger partial charge in [0.1, 0.15) is 5.78 Å². The van der Waals surface area contributed by atoms with Gasteiger partial charge in [-0.25, -0.2) is 4.68 Å². The minimum atomic E-state index is -4.28. The molecule has 0 saturated carbocycles. The van der Waals surface area contributed by atoms with E-state index in [1.807, 2.05) is 36.5 Å². The number of nitrogens with zero attached hydrogens (tertiary/aromatic N) is 2. The van der Waals surface area contributed by atoms with Crippen LogP contribution in [0.15, 0.2) is 60.2 Å². The second kappa shape index (κ2) is 9.94. The molecule has 4 N–H and O–H groups in total. The number of hydrogen-bond donors (Lipinski definition) is 4. The molecular formula is C18H24N3O4PS. The van der Waals surface area contributed by atoms with Crippen molar-refractivity contribution in [3.05, 3.63) is 70.7 Å². The van der Waals surface area contributed by atoms with Gasteiger partial charge in [0.25, 0.3) is 0 Å². The molecule has 1 unspecified atom stereocenters. The highest BCUT2D eigenvalue weighted by Crippen LogP contribution is 2.51. The maximum atomic E-state index is 11.7. The number of benzene rings is 1. The lowest BCUT2D eigenvalue weighted by atomic mass is 10.3. The molecule has 9 heteroatoms. The van der Waals surface area contributed by atoms with E-state index in [-0.39, 0.29) is 6.10 Å². The number of nitrogens with one attached hydrogen (secondary N) is 1. The Morgan fingerprint density at radius 2 is 1.85 bits per heavy atom. The number of para-hydroxylation sites is 1. The first-order chi connectivity index (χ1) is 12.8. The molecule has 0 radical (unpaired) electrons. The van der Waals surface area contributed by atoms with Crippen LogP contribution < -0.4 is 5.32 Å². The van der Waals surface area contributed by atoms with Gasteiger partial charge < -0.3 is 14.9 Å². The highest BCUT2D eigenvalue weighted by Gasteiger charge is 2.30. The van der Waals surface area contributed by atoms with Crippen molar-refractivity contribution < 1.29 is 19.5 Å². The third kappa shape index (κ3) is 7.03. The molecule has 7 nitrogen and oxygen atoms in total. The SMILES string of the molecule is CC(C)O.O=P(O)(O)C(NCc1cnn(-c2ccccc2)c1)c1cccs1. The maximum Gasteiger partial charge on any atom is 0.347 e. The zero-order valence-corrected chi connectivity index (χ0v) is 16.8. The lowest BCUT2D eigenvalue weighted by molar-refractivity contribution is 0.216. The van der Waals surface area contributed by atoms with Gasteiger partial charge in [-0.2, -0.15) is 5.10 Å².